The van der Waals surface area contributed by atoms with Gasteiger partial charge < -0.3 is 11.1 Å². The summed E-state index contributed by atoms with van der Waals surface area (Å²) in [6, 6.07) is 6.49. The van der Waals surface area contributed by atoms with Gasteiger partial charge in [0.05, 0.1) is 5.69 Å². The van der Waals surface area contributed by atoms with Crippen LogP contribution >= 0.6 is 0 Å². The minimum Gasteiger partial charge on any atom is -0.380 e. The molecule has 1 aromatic rings. The predicted octanol–water partition coefficient (Wildman–Crippen LogP) is 2.24. The Bertz CT molecular complexity index is 384. The first-order chi connectivity index (χ1) is 7.72. The highest BCUT2D eigenvalue weighted by atomic mass is 19.1. The first-order valence-electron chi connectivity index (χ1n) is 5.38. The lowest BCUT2D eigenvalue weighted by Crippen LogP contribution is -2.29. The number of nitrogens with one attached hydrogen (secondary N) is 1. The molecule has 0 radical (unpaired) electrons. The third kappa shape index (κ3) is 2.94. The maximum atomic E-state index is 13.3. The van der Waals surface area contributed by atoms with E-state index in [-0.39, 0.29) is 11.6 Å². The van der Waals surface area contributed by atoms with Crippen LogP contribution in [0.5, 0.6) is 0 Å². The molecule has 0 aliphatic carbocycles. The Morgan fingerprint density at radius 1 is 1.56 bits per heavy atom. The summed E-state index contributed by atoms with van der Waals surface area (Å²) in [7, 11) is 0. The fourth-order valence-corrected chi connectivity index (χ4v) is 1.58. The van der Waals surface area contributed by atoms with Gasteiger partial charge in [0.1, 0.15) is 17.4 Å². The molecule has 0 aliphatic heterocycles. The lowest BCUT2D eigenvalue weighted by Gasteiger charge is -2.18. The summed E-state index contributed by atoms with van der Waals surface area (Å²) in [6.07, 6.45) is 1.89. The second-order valence-corrected chi connectivity index (χ2v) is 3.64. The highest BCUT2D eigenvalue weighted by molar-refractivity contribution is 5.58. The number of nitriles is 1. The van der Waals surface area contributed by atoms with Crippen molar-refractivity contribution < 1.29 is 4.39 Å². The van der Waals surface area contributed by atoms with Gasteiger partial charge in [-0.25, -0.2) is 4.39 Å². The van der Waals surface area contributed by atoms with E-state index >= 15 is 0 Å². The lowest BCUT2D eigenvalue weighted by atomic mass is 10.1. The first kappa shape index (κ1) is 12.5. The normalized spacial score (nSPS) is 11.9. The van der Waals surface area contributed by atoms with Gasteiger partial charge in [-0.2, -0.15) is 5.26 Å². The van der Waals surface area contributed by atoms with E-state index in [2.05, 4.69) is 12.2 Å². The number of nitrogens with two attached hydrogens (primary N) is 1. The third-order valence-electron chi connectivity index (χ3n) is 2.41. The number of hydrogen-bond acceptors (Lipinski definition) is 3. The fraction of sp³-hybridized carbons (Fsp3) is 0.417. The van der Waals surface area contributed by atoms with Crippen LogP contribution in [0, 0.1) is 17.1 Å². The second-order valence-electron chi connectivity index (χ2n) is 3.64. The molecule has 0 aliphatic rings. The Kier molecular flexibility index (Phi) is 4.74. The fourth-order valence-electron chi connectivity index (χ4n) is 1.58. The van der Waals surface area contributed by atoms with Crippen LogP contribution in [-0.4, -0.2) is 12.6 Å². The van der Waals surface area contributed by atoms with Crippen molar-refractivity contribution in [2.45, 2.75) is 25.8 Å². The Hall–Kier alpha value is -1.60. The maximum absolute atomic E-state index is 13.3. The van der Waals surface area contributed by atoms with E-state index in [0.29, 0.717) is 12.2 Å². The molecule has 1 atom stereocenters. The first-order valence-corrected chi connectivity index (χ1v) is 5.38. The molecule has 86 valence electrons. The molecule has 0 bridgehead atoms. The summed E-state index contributed by atoms with van der Waals surface area (Å²) < 4.78 is 13.3. The van der Waals surface area contributed by atoms with Crippen LogP contribution in [0.3, 0.4) is 0 Å². The van der Waals surface area contributed by atoms with E-state index in [1.54, 1.807) is 12.1 Å². The van der Waals surface area contributed by atoms with E-state index < -0.39 is 5.82 Å². The van der Waals surface area contributed by atoms with Gasteiger partial charge in [-0.3, -0.25) is 0 Å². The summed E-state index contributed by atoms with van der Waals surface area (Å²) in [5.41, 5.74) is 6.17. The zero-order valence-corrected chi connectivity index (χ0v) is 9.33. The Balaban J connectivity index is 2.88. The largest absolute Gasteiger partial charge is 0.380 e. The predicted molar refractivity (Wildman–Crippen MR) is 62.5 cm³/mol. The van der Waals surface area contributed by atoms with Crippen LogP contribution in [0.1, 0.15) is 25.3 Å². The van der Waals surface area contributed by atoms with Gasteiger partial charge in [0, 0.05) is 12.6 Å². The molecule has 0 amide bonds. The van der Waals surface area contributed by atoms with Crippen molar-refractivity contribution in [1.29, 1.82) is 5.26 Å². The minimum absolute atomic E-state index is 0.0528. The average molecular weight is 221 g/mol. The summed E-state index contributed by atoms with van der Waals surface area (Å²) in [6.45, 7) is 2.52. The van der Waals surface area contributed by atoms with Crippen molar-refractivity contribution in [3.8, 4) is 6.07 Å². The topological polar surface area (TPSA) is 61.8 Å². The molecule has 1 rings (SSSR count). The van der Waals surface area contributed by atoms with E-state index in [1.165, 1.54) is 6.07 Å². The quantitative estimate of drug-likeness (QED) is 0.801. The lowest BCUT2D eigenvalue weighted by molar-refractivity contribution is 0.620. The van der Waals surface area contributed by atoms with Gasteiger partial charge >= 0.3 is 0 Å². The SMILES string of the molecule is CCCC(CN)Nc1cccc(F)c1C#N. The van der Waals surface area contributed by atoms with Crippen molar-refractivity contribution in [3.63, 3.8) is 0 Å². The number of rotatable bonds is 5. The number of nitrogens with zero attached hydrogens (tertiary/aromatic N) is 1. The summed E-state index contributed by atoms with van der Waals surface area (Å²) in [5.74, 6) is -0.500. The Labute approximate surface area is 95.1 Å². The van der Waals surface area contributed by atoms with E-state index in [0.717, 1.165) is 12.8 Å². The molecule has 0 fully saturated rings. The second kappa shape index (κ2) is 6.09. The Morgan fingerprint density at radius 2 is 2.31 bits per heavy atom. The molecule has 1 unspecified atom stereocenters. The molecule has 0 saturated heterocycles. The number of benzene rings is 1. The summed E-state index contributed by atoms with van der Waals surface area (Å²) in [4.78, 5) is 0. The van der Waals surface area contributed by atoms with Crippen LogP contribution in [0.4, 0.5) is 10.1 Å². The number of hydrogen-bond donors (Lipinski definition) is 2. The summed E-state index contributed by atoms with van der Waals surface area (Å²) in [5, 5.41) is 12.0. The summed E-state index contributed by atoms with van der Waals surface area (Å²) >= 11 is 0. The Morgan fingerprint density at radius 3 is 2.88 bits per heavy atom. The average Bonchev–Trinajstić information content (AvgIpc) is 2.28. The molecule has 0 aromatic heterocycles. The van der Waals surface area contributed by atoms with Gasteiger partial charge in [-0.1, -0.05) is 19.4 Å². The van der Waals surface area contributed by atoms with Gasteiger partial charge in [0.25, 0.3) is 0 Å². The molecular formula is C12H16FN3. The van der Waals surface area contributed by atoms with Crippen LogP contribution < -0.4 is 11.1 Å². The van der Waals surface area contributed by atoms with Gasteiger partial charge in [-0.15, -0.1) is 0 Å². The molecule has 1 aromatic carbocycles. The molecule has 4 heteroatoms. The van der Waals surface area contributed by atoms with Gasteiger partial charge in [0.15, 0.2) is 0 Å². The molecule has 3 nitrogen and oxygen atoms in total. The van der Waals surface area contributed by atoms with E-state index in [1.807, 2.05) is 6.07 Å². The molecule has 0 spiro atoms. The van der Waals surface area contributed by atoms with Crippen LogP contribution in [0.25, 0.3) is 0 Å². The molecule has 0 saturated carbocycles. The van der Waals surface area contributed by atoms with Crippen molar-refractivity contribution in [2.75, 3.05) is 11.9 Å². The van der Waals surface area contributed by atoms with Crippen molar-refractivity contribution in [1.82, 2.24) is 0 Å². The van der Waals surface area contributed by atoms with Crippen molar-refractivity contribution in [3.05, 3.63) is 29.6 Å². The van der Waals surface area contributed by atoms with Crippen LogP contribution in [0.2, 0.25) is 0 Å². The highest BCUT2D eigenvalue weighted by Crippen LogP contribution is 2.19. The molecule has 3 N–H and O–H groups in total. The van der Waals surface area contributed by atoms with Gasteiger partial charge in [0.2, 0.25) is 0 Å². The minimum atomic E-state index is -0.500. The molecule has 0 heterocycles. The smallest absolute Gasteiger partial charge is 0.143 e. The van der Waals surface area contributed by atoms with E-state index in [9.17, 15) is 4.39 Å². The maximum Gasteiger partial charge on any atom is 0.143 e. The zero-order valence-electron chi connectivity index (χ0n) is 9.33. The van der Waals surface area contributed by atoms with E-state index in [4.69, 9.17) is 11.0 Å². The highest BCUT2D eigenvalue weighted by Gasteiger charge is 2.11. The molecular weight excluding hydrogens is 205 g/mol. The molecule has 16 heavy (non-hydrogen) atoms. The monoisotopic (exact) mass is 221 g/mol. The van der Waals surface area contributed by atoms with Crippen molar-refractivity contribution >= 4 is 5.69 Å². The third-order valence-corrected chi connectivity index (χ3v) is 2.41. The number of halogens is 1. The van der Waals surface area contributed by atoms with Crippen LogP contribution in [0.15, 0.2) is 18.2 Å². The van der Waals surface area contributed by atoms with Crippen molar-refractivity contribution in [2.24, 2.45) is 5.73 Å². The standard InChI is InChI=1S/C12H16FN3/c1-2-4-9(7-14)16-12-6-3-5-11(13)10(12)8-15/h3,5-6,9,16H,2,4,7,14H2,1H3. The van der Waals surface area contributed by atoms with Gasteiger partial charge in [-0.05, 0) is 18.6 Å². The zero-order chi connectivity index (χ0) is 12.0. The van der Waals surface area contributed by atoms with Crippen LogP contribution in [-0.2, 0) is 0 Å². The number of anilines is 1.